The van der Waals surface area contributed by atoms with E-state index in [2.05, 4.69) is 10.2 Å². The lowest BCUT2D eigenvalue weighted by Crippen LogP contribution is -2.47. The topological polar surface area (TPSA) is 57.4 Å². The molecule has 1 aromatic carbocycles. The van der Waals surface area contributed by atoms with E-state index in [1.54, 1.807) is 0 Å². The molecule has 0 unspecified atom stereocenters. The highest BCUT2D eigenvalue weighted by atomic mass is 16.7. The number of ether oxygens (including phenoxy) is 2. The highest BCUT2D eigenvalue weighted by molar-refractivity contribution is 5.60. The molecule has 0 N–H and O–H groups in total. The van der Waals surface area contributed by atoms with Gasteiger partial charge in [-0.25, -0.2) is 0 Å². The average Bonchev–Trinajstić information content (AvgIpc) is 3.21. The molecule has 1 aliphatic heterocycles. The minimum atomic E-state index is 0.278. The molecule has 7 rings (SSSR count). The molecule has 5 nitrogen and oxygen atoms in total. The van der Waals surface area contributed by atoms with Crippen LogP contribution >= 0.6 is 0 Å². The van der Waals surface area contributed by atoms with E-state index < -0.39 is 0 Å². The summed E-state index contributed by atoms with van der Waals surface area (Å²) in [6.07, 6.45) is 9.43. The van der Waals surface area contributed by atoms with Crippen LogP contribution in [0.15, 0.2) is 22.6 Å². The van der Waals surface area contributed by atoms with E-state index in [1.807, 2.05) is 18.2 Å². The van der Waals surface area contributed by atoms with Crippen LogP contribution in [0.2, 0.25) is 0 Å². The fourth-order valence-electron chi connectivity index (χ4n) is 6.30. The van der Waals surface area contributed by atoms with E-state index in [-0.39, 0.29) is 6.79 Å². The van der Waals surface area contributed by atoms with Crippen molar-refractivity contribution in [3.8, 4) is 23.0 Å². The van der Waals surface area contributed by atoms with Gasteiger partial charge in [0.15, 0.2) is 11.5 Å². The summed E-state index contributed by atoms with van der Waals surface area (Å²) < 4.78 is 16.9. The Labute approximate surface area is 146 Å². The third-order valence-electron chi connectivity index (χ3n) is 6.78. The molecule has 0 atom stereocenters. The smallest absolute Gasteiger partial charge is 0.247 e. The predicted molar refractivity (Wildman–Crippen MR) is 90.2 cm³/mol. The Morgan fingerprint density at radius 2 is 1.64 bits per heavy atom. The first-order valence-corrected chi connectivity index (χ1v) is 9.47. The van der Waals surface area contributed by atoms with Crippen LogP contribution in [-0.4, -0.2) is 17.0 Å². The van der Waals surface area contributed by atoms with Crippen LogP contribution in [0.25, 0.3) is 11.5 Å². The summed E-state index contributed by atoms with van der Waals surface area (Å²) in [5, 5.41) is 8.67. The van der Waals surface area contributed by atoms with Crippen LogP contribution in [0.3, 0.4) is 0 Å². The van der Waals surface area contributed by atoms with Crippen molar-refractivity contribution in [2.24, 2.45) is 23.2 Å². The lowest BCUT2D eigenvalue weighted by molar-refractivity contribution is -0.0550. The molecule has 1 aromatic heterocycles. The normalized spacial score (nSPS) is 34.6. The Balaban J connectivity index is 1.26. The lowest BCUT2D eigenvalue weighted by Gasteiger charge is -2.56. The molecular weight excluding hydrogens is 316 g/mol. The zero-order valence-electron chi connectivity index (χ0n) is 14.2. The molecule has 0 radical (unpaired) electrons. The monoisotopic (exact) mass is 338 g/mol. The molecule has 5 heteroatoms. The van der Waals surface area contributed by atoms with Crippen molar-refractivity contribution in [3.05, 3.63) is 24.1 Å². The summed E-state index contributed by atoms with van der Waals surface area (Å²) >= 11 is 0. The van der Waals surface area contributed by atoms with Gasteiger partial charge in [-0.2, -0.15) is 0 Å². The maximum Gasteiger partial charge on any atom is 0.247 e. The van der Waals surface area contributed by atoms with Crippen molar-refractivity contribution in [1.29, 1.82) is 0 Å². The van der Waals surface area contributed by atoms with Crippen LogP contribution < -0.4 is 9.47 Å². The van der Waals surface area contributed by atoms with E-state index in [0.717, 1.165) is 47.1 Å². The van der Waals surface area contributed by atoms with Crippen LogP contribution in [0.1, 0.15) is 44.4 Å². The molecule has 25 heavy (non-hydrogen) atoms. The number of hydrogen-bond acceptors (Lipinski definition) is 5. The molecule has 2 aromatic rings. The first-order valence-electron chi connectivity index (χ1n) is 9.47. The Morgan fingerprint density at radius 3 is 2.40 bits per heavy atom. The Morgan fingerprint density at radius 1 is 0.920 bits per heavy atom. The van der Waals surface area contributed by atoms with Crippen LogP contribution in [0.4, 0.5) is 0 Å². The molecule has 4 bridgehead atoms. The van der Waals surface area contributed by atoms with Crippen molar-refractivity contribution in [2.45, 2.75) is 44.9 Å². The fraction of sp³-hybridized carbons (Fsp3) is 0.600. The second-order valence-electron chi connectivity index (χ2n) is 8.66. The standard InChI is InChI=1S/C20H22N2O3/c1-2-16-17(24-11-23-16)6-15(1)19-22-21-18(25-19)10-20-7-12-3-13(8-20)5-14(4-12)9-20/h1-2,6,12-14H,3-5,7-11H2. The van der Waals surface area contributed by atoms with Gasteiger partial charge in [0.1, 0.15) is 0 Å². The van der Waals surface area contributed by atoms with Crippen LogP contribution in [-0.2, 0) is 6.42 Å². The molecule has 130 valence electrons. The molecule has 4 aliphatic carbocycles. The van der Waals surface area contributed by atoms with Crippen molar-refractivity contribution in [3.63, 3.8) is 0 Å². The number of rotatable bonds is 3. The predicted octanol–water partition coefficient (Wildman–Crippen LogP) is 4.22. The van der Waals surface area contributed by atoms with Crippen molar-refractivity contribution in [1.82, 2.24) is 10.2 Å². The van der Waals surface area contributed by atoms with Gasteiger partial charge in [0.05, 0.1) is 0 Å². The zero-order valence-corrected chi connectivity index (χ0v) is 14.2. The molecule has 0 saturated heterocycles. The van der Waals surface area contributed by atoms with Gasteiger partial charge in [-0.1, -0.05) is 0 Å². The maximum atomic E-state index is 6.05. The quantitative estimate of drug-likeness (QED) is 0.838. The minimum absolute atomic E-state index is 0.278. The largest absolute Gasteiger partial charge is 0.454 e. The highest BCUT2D eigenvalue weighted by Crippen LogP contribution is 2.61. The Kier molecular flexibility index (Phi) is 2.83. The Bertz CT molecular complexity index is 793. The van der Waals surface area contributed by atoms with Gasteiger partial charge >= 0.3 is 0 Å². The minimum Gasteiger partial charge on any atom is -0.454 e. The van der Waals surface area contributed by atoms with Crippen molar-refractivity contribution >= 4 is 0 Å². The Hall–Kier alpha value is -2.04. The number of benzene rings is 1. The van der Waals surface area contributed by atoms with Gasteiger partial charge in [-0.15, -0.1) is 10.2 Å². The summed E-state index contributed by atoms with van der Waals surface area (Å²) in [6.45, 7) is 0.278. The van der Waals surface area contributed by atoms with Gasteiger partial charge in [0, 0.05) is 12.0 Å². The summed E-state index contributed by atoms with van der Waals surface area (Å²) in [6, 6.07) is 5.78. The highest BCUT2D eigenvalue weighted by Gasteiger charge is 2.51. The zero-order chi connectivity index (χ0) is 16.4. The molecule has 4 fully saturated rings. The van der Waals surface area contributed by atoms with Gasteiger partial charge in [0.2, 0.25) is 18.6 Å². The summed E-state index contributed by atoms with van der Waals surface area (Å²) in [7, 11) is 0. The van der Waals surface area contributed by atoms with Crippen molar-refractivity contribution in [2.75, 3.05) is 6.79 Å². The number of hydrogen-bond donors (Lipinski definition) is 0. The first-order chi connectivity index (χ1) is 12.2. The maximum absolute atomic E-state index is 6.05. The van der Waals surface area contributed by atoms with Gasteiger partial charge in [0.25, 0.3) is 0 Å². The molecule has 2 heterocycles. The molecule has 5 aliphatic rings. The van der Waals surface area contributed by atoms with Gasteiger partial charge in [-0.05, 0) is 79.9 Å². The molecule has 0 spiro atoms. The summed E-state index contributed by atoms with van der Waals surface area (Å²) in [5.41, 5.74) is 1.32. The molecule has 0 amide bonds. The average molecular weight is 338 g/mol. The second kappa shape index (κ2) is 4.99. The summed E-state index contributed by atoms with van der Waals surface area (Å²) in [4.78, 5) is 0. The second-order valence-corrected chi connectivity index (χ2v) is 8.66. The third kappa shape index (κ3) is 2.28. The van der Waals surface area contributed by atoms with Crippen LogP contribution in [0.5, 0.6) is 11.5 Å². The van der Waals surface area contributed by atoms with E-state index in [4.69, 9.17) is 13.9 Å². The SMILES string of the molecule is c1cc2c(cc1-c1nnc(CC34CC5CC(CC(C5)C3)C4)o1)OCO2. The first kappa shape index (κ1) is 14.2. The van der Waals surface area contributed by atoms with Gasteiger partial charge in [-0.3, -0.25) is 0 Å². The van der Waals surface area contributed by atoms with Crippen molar-refractivity contribution < 1.29 is 13.9 Å². The number of nitrogens with zero attached hydrogens (tertiary/aromatic N) is 2. The third-order valence-corrected chi connectivity index (χ3v) is 6.78. The van der Waals surface area contributed by atoms with Gasteiger partial charge < -0.3 is 13.9 Å². The molecule has 4 saturated carbocycles. The van der Waals surface area contributed by atoms with E-state index >= 15 is 0 Å². The number of aromatic nitrogens is 2. The van der Waals surface area contributed by atoms with E-state index in [9.17, 15) is 0 Å². The summed E-state index contributed by atoms with van der Waals surface area (Å²) in [5.74, 6) is 5.75. The van der Waals surface area contributed by atoms with E-state index in [1.165, 1.54) is 38.5 Å². The fourth-order valence-corrected chi connectivity index (χ4v) is 6.30. The molecular formula is C20H22N2O3. The van der Waals surface area contributed by atoms with E-state index in [0.29, 0.717) is 11.3 Å². The lowest BCUT2D eigenvalue weighted by atomic mass is 9.49. The van der Waals surface area contributed by atoms with Crippen LogP contribution in [0, 0.1) is 23.2 Å². The number of fused-ring (bicyclic) bond motifs is 1.